The van der Waals surface area contributed by atoms with Crippen molar-refractivity contribution in [2.45, 2.75) is 26.0 Å². The largest absolute Gasteiger partial charge is 0.463 e. The highest BCUT2D eigenvalue weighted by molar-refractivity contribution is 6.32. The molecule has 7 heteroatoms. The third kappa shape index (κ3) is 3.85. The molecule has 1 unspecified atom stereocenters. The summed E-state index contributed by atoms with van der Waals surface area (Å²) in [6.45, 7) is 4.16. The maximum Gasteiger partial charge on any atom is 0.287 e. The predicted molar refractivity (Wildman–Crippen MR) is 82.8 cm³/mol. The molecule has 2 N–H and O–H groups in total. The van der Waals surface area contributed by atoms with E-state index in [1.165, 1.54) is 6.07 Å². The van der Waals surface area contributed by atoms with Gasteiger partial charge in [-0.2, -0.15) is 0 Å². The van der Waals surface area contributed by atoms with Gasteiger partial charge in [0.1, 0.15) is 22.1 Å². The third-order valence-corrected chi connectivity index (χ3v) is 3.58. The minimum atomic E-state index is -1.14. The lowest BCUT2D eigenvalue weighted by Crippen LogP contribution is -2.34. The highest BCUT2D eigenvalue weighted by atomic mass is 35.5. The fraction of sp³-hybridized carbons (Fsp3) is 0.333. The van der Waals surface area contributed by atoms with Gasteiger partial charge in [-0.25, -0.2) is 0 Å². The zero-order chi connectivity index (χ0) is 16.3. The van der Waals surface area contributed by atoms with E-state index in [4.69, 9.17) is 16.0 Å². The molecule has 0 fully saturated rings. The van der Waals surface area contributed by atoms with Gasteiger partial charge >= 0.3 is 0 Å². The number of nitrogens with one attached hydrogen (secondary N) is 1. The molecule has 2 aromatic rings. The molecule has 2 rings (SSSR count). The van der Waals surface area contributed by atoms with E-state index in [1.807, 2.05) is 6.92 Å². The molecular weight excluding hydrogens is 308 g/mol. The molecule has 0 amide bonds. The van der Waals surface area contributed by atoms with Crippen molar-refractivity contribution in [2.24, 2.45) is 0 Å². The van der Waals surface area contributed by atoms with E-state index >= 15 is 0 Å². The van der Waals surface area contributed by atoms with Gasteiger partial charge < -0.3 is 14.8 Å². The predicted octanol–water partition coefficient (Wildman–Crippen LogP) is 3.15. The number of halogens is 1. The number of nitrogens with zero attached hydrogens (tertiary/aromatic N) is 1. The first-order valence-corrected chi connectivity index (χ1v) is 7.10. The van der Waals surface area contributed by atoms with Gasteiger partial charge in [-0.3, -0.25) is 10.1 Å². The molecule has 1 aromatic carbocycles. The maximum atomic E-state index is 10.7. The number of hydrogen-bond donors (Lipinski definition) is 2. The highest BCUT2D eigenvalue weighted by Gasteiger charge is 2.26. The number of nitro groups is 1. The molecule has 6 nitrogen and oxygen atoms in total. The van der Waals surface area contributed by atoms with Crippen molar-refractivity contribution in [3.63, 3.8) is 0 Å². The molecule has 22 heavy (non-hydrogen) atoms. The minimum absolute atomic E-state index is 0.0951. The SMILES string of the molecule is Cc1ccc(C(C)(O)CNCc2ccc([N+](=O)[O-])c(Cl)c2)o1. The highest BCUT2D eigenvalue weighted by Crippen LogP contribution is 2.25. The second-order valence-corrected chi connectivity index (χ2v) is 5.74. The molecule has 0 saturated heterocycles. The normalized spacial score (nSPS) is 13.8. The molecular formula is C15H17ClN2O4. The van der Waals surface area contributed by atoms with Crippen LogP contribution in [0.1, 0.15) is 24.0 Å². The van der Waals surface area contributed by atoms with Gasteiger partial charge in [0.15, 0.2) is 0 Å². The van der Waals surface area contributed by atoms with Gasteiger partial charge in [0.2, 0.25) is 0 Å². The Bertz CT molecular complexity index is 682. The number of aryl methyl sites for hydroxylation is 1. The summed E-state index contributed by atoms with van der Waals surface area (Å²) in [5.74, 6) is 1.22. The van der Waals surface area contributed by atoms with Gasteiger partial charge in [-0.05, 0) is 37.6 Å². The van der Waals surface area contributed by atoms with Crippen LogP contribution in [0.15, 0.2) is 34.7 Å². The topological polar surface area (TPSA) is 88.5 Å². The van der Waals surface area contributed by atoms with Crippen molar-refractivity contribution in [3.05, 3.63) is 62.6 Å². The second kappa shape index (κ2) is 6.48. The molecule has 0 aliphatic heterocycles. The average Bonchev–Trinajstić information content (AvgIpc) is 2.86. The summed E-state index contributed by atoms with van der Waals surface area (Å²) in [5.41, 5.74) is -0.468. The Balaban J connectivity index is 1.96. The van der Waals surface area contributed by atoms with Gasteiger partial charge in [0.25, 0.3) is 5.69 Å². The zero-order valence-corrected chi connectivity index (χ0v) is 13.1. The van der Waals surface area contributed by atoms with Crippen molar-refractivity contribution in [1.82, 2.24) is 5.32 Å². The van der Waals surface area contributed by atoms with E-state index < -0.39 is 10.5 Å². The fourth-order valence-electron chi connectivity index (χ4n) is 2.07. The first kappa shape index (κ1) is 16.5. The molecule has 0 radical (unpaired) electrons. The van der Waals surface area contributed by atoms with Crippen LogP contribution in [0.3, 0.4) is 0 Å². The molecule has 118 valence electrons. The Morgan fingerprint density at radius 2 is 2.14 bits per heavy atom. The summed E-state index contributed by atoms with van der Waals surface area (Å²) >= 11 is 5.86. The van der Waals surface area contributed by atoms with Crippen LogP contribution < -0.4 is 5.32 Å². The summed E-state index contributed by atoms with van der Waals surface area (Å²) < 4.78 is 5.43. The maximum absolute atomic E-state index is 10.7. The van der Waals surface area contributed by atoms with Crippen molar-refractivity contribution < 1.29 is 14.4 Å². The average molecular weight is 325 g/mol. The Labute approximate surface area is 132 Å². The number of aliphatic hydroxyl groups is 1. The van der Waals surface area contributed by atoms with Crippen molar-refractivity contribution in [2.75, 3.05) is 6.54 Å². The monoisotopic (exact) mass is 324 g/mol. The summed E-state index contributed by atoms with van der Waals surface area (Å²) in [5, 5.41) is 24.3. The number of nitro benzene ring substituents is 1. The number of furan rings is 1. The lowest BCUT2D eigenvalue weighted by molar-refractivity contribution is -0.384. The lowest BCUT2D eigenvalue weighted by atomic mass is 10.0. The van der Waals surface area contributed by atoms with Gasteiger partial charge in [-0.15, -0.1) is 0 Å². The molecule has 1 aromatic heterocycles. The van der Waals surface area contributed by atoms with Crippen molar-refractivity contribution in [1.29, 1.82) is 0 Å². The van der Waals surface area contributed by atoms with Crippen LogP contribution in [-0.2, 0) is 12.1 Å². The van der Waals surface area contributed by atoms with E-state index in [9.17, 15) is 15.2 Å². The van der Waals surface area contributed by atoms with E-state index in [2.05, 4.69) is 5.32 Å². The van der Waals surface area contributed by atoms with Gasteiger partial charge in [-0.1, -0.05) is 17.7 Å². The summed E-state index contributed by atoms with van der Waals surface area (Å²) in [6, 6.07) is 8.06. The van der Waals surface area contributed by atoms with Crippen molar-refractivity contribution >= 4 is 17.3 Å². The van der Waals surface area contributed by atoms with E-state index in [-0.39, 0.29) is 17.3 Å². The van der Waals surface area contributed by atoms with Crippen LogP contribution in [0.2, 0.25) is 5.02 Å². The first-order chi connectivity index (χ1) is 10.3. The van der Waals surface area contributed by atoms with Crippen LogP contribution in [0, 0.1) is 17.0 Å². The van der Waals surface area contributed by atoms with Gasteiger partial charge in [0.05, 0.1) is 4.92 Å². The molecule has 0 aliphatic rings. The van der Waals surface area contributed by atoms with Crippen LogP contribution in [0.5, 0.6) is 0 Å². The number of benzene rings is 1. The van der Waals surface area contributed by atoms with Crippen LogP contribution >= 0.6 is 11.6 Å². The van der Waals surface area contributed by atoms with E-state index in [1.54, 1.807) is 31.2 Å². The number of hydrogen-bond acceptors (Lipinski definition) is 5. The zero-order valence-electron chi connectivity index (χ0n) is 12.3. The van der Waals surface area contributed by atoms with Crippen LogP contribution in [0.4, 0.5) is 5.69 Å². The third-order valence-electron chi connectivity index (χ3n) is 3.28. The van der Waals surface area contributed by atoms with E-state index in [0.29, 0.717) is 12.3 Å². The summed E-state index contributed by atoms with van der Waals surface area (Å²) in [7, 11) is 0. The first-order valence-electron chi connectivity index (χ1n) is 6.72. The number of rotatable bonds is 6. The smallest absolute Gasteiger partial charge is 0.287 e. The summed E-state index contributed by atoms with van der Waals surface area (Å²) in [6.07, 6.45) is 0. The van der Waals surface area contributed by atoms with E-state index in [0.717, 1.165) is 11.3 Å². The Morgan fingerprint density at radius 1 is 1.41 bits per heavy atom. The minimum Gasteiger partial charge on any atom is -0.463 e. The molecule has 0 spiro atoms. The molecule has 0 saturated carbocycles. The lowest BCUT2D eigenvalue weighted by Gasteiger charge is -2.21. The Kier molecular flexibility index (Phi) is 4.85. The molecule has 0 aliphatic carbocycles. The second-order valence-electron chi connectivity index (χ2n) is 5.33. The Morgan fingerprint density at radius 3 is 2.68 bits per heavy atom. The van der Waals surface area contributed by atoms with Gasteiger partial charge in [0, 0.05) is 19.2 Å². The fourth-order valence-corrected chi connectivity index (χ4v) is 2.34. The van der Waals surface area contributed by atoms with Crippen LogP contribution in [-0.4, -0.2) is 16.6 Å². The quantitative estimate of drug-likeness (QED) is 0.629. The molecule has 1 atom stereocenters. The van der Waals surface area contributed by atoms with Crippen molar-refractivity contribution in [3.8, 4) is 0 Å². The molecule has 0 bridgehead atoms. The standard InChI is InChI=1S/C15H17ClN2O4/c1-10-3-6-14(22-10)15(2,19)9-17-8-11-4-5-13(18(20)21)12(16)7-11/h3-7,17,19H,8-9H2,1-2H3. The molecule has 1 heterocycles. The Hall–Kier alpha value is -1.89. The summed E-state index contributed by atoms with van der Waals surface area (Å²) in [4.78, 5) is 10.2. The van der Waals surface area contributed by atoms with Crippen LogP contribution in [0.25, 0.3) is 0 Å².